The number of hydrogen-bond acceptors (Lipinski definition) is 10. The summed E-state index contributed by atoms with van der Waals surface area (Å²) in [6.07, 6.45) is 7.09. The lowest BCUT2D eigenvalue weighted by molar-refractivity contribution is -0.110. The number of nitrogens with zero attached hydrogens (tertiary/aromatic N) is 5. The lowest BCUT2D eigenvalue weighted by Gasteiger charge is -2.40. The Morgan fingerprint density at radius 3 is 2.39 bits per heavy atom. The maximum atomic E-state index is 12.2. The smallest absolute Gasteiger partial charge is 0.228 e. The van der Waals surface area contributed by atoms with Crippen molar-refractivity contribution in [3.8, 4) is 23.0 Å². The summed E-state index contributed by atoms with van der Waals surface area (Å²) in [6, 6.07) is 21.6. The number of amides is 1. The van der Waals surface area contributed by atoms with Crippen LogP contribution >= 0.6 is 0 Å². The molecule has 11 nitrogen and oxygen atoms in total. The summed E-state index contributed by atoms with van der Waals surface area (Å²) >= 11 is 0. The molecule has 2 fully saturated rings. The van der Waals surface area contributed by atoms with Crippen LogP contribution in [0.15, 0.2) is 73.1 Å². The van der Waals surface area contributed by atoms with Crippen molar-refractivity contribution >= 4 is 28.8 Å². The average Bonchev–Trinajstić information content (AvgIpc) is 3.10. The zero-order valence-electron chi connectivity index (χ0n) is 26.3. The number of anilines is 2. The SMILES string of the molecule is COCCOc1cc2c(N3CCN(N(C=O)c4ccc(Oc5ccccc5)cc4)CC3)ncnc2cc1OCCC1CCCCN1. The summed E-state index contributed by atoms with van der Waals surface area (Å²) in [5.74, 6) is 3.64. The Bertz CT molecular complexity index is 1540. The molecule has 1 unspecified atom stereocenters. The van der Waals surface area contributed by atoms with E-state index in [1.54, 1.807) is 18.4 Å². The molecule has 1 aromatic heterocycles. The summed E-state index contributed by atoms with van der Waals surface area (Å²) in [5.41, 5.74) is 1.57. The van der Waals surface area contributed by atoms with E-state index < -0.39 is 0 Å². The Morgan fingerprint density at radius 2 is 1.65 bits per heavy atom. The number of aromatic nitrogens is 2. The third-order valence-corrected chi connectivity index (χ3v) is 8.40. The summed E-state index contributed by atoms with van der Waals surface area (Å²) in [7, 11) is 1.66. The van der Waals surface area contributed by atoms with Gasteiger partial charge in [-0.3, -0.25) is 4.79 Å². The van der Waals surface area contributed by atoms with E-state index in [0.717, 1.165) is 47.5 Å². The number of hydrazine groups is 1. The van der Waals surface area contributed by atoms with Gasteiger partial charge in [0.25, 0.3) is 0 Å². The van der Waals surface area contributed by atoms with E-state index in [0.29, 0.717) is 69.3 Å². The van der Waals surface area contributed by atoms with Gasteiger partial charge in [-0.2, -0.15) is 0 Å². The Balaban J connectivity index is 1.13. The molecule has 46 heavy (non-hydrogen) atoms. The van der Waals surface area contributed by atoms with E-state index in [9.17, 15) is 4.79 Å². The molecule has 2 aliphatic heterocycles. The fourth-order valence-electron chi connectivity index (χ4n) is 5.95. The van der Waals surface area contributed by atoms with Crippen LogP contribution in [-0.2, 0) is 9.53 Å². The first kappa shape index (κ1) is 31.5. The molecule has 1 N–H and O–H groups in total. The number of hydrogen-bond donors (Lipinski definition) is 1. The number of carbonyl (C=O) groups excluding carboxylic acids is 1. The molecule has 3 aromatic carbocycles. The van der Waals surface area contributed by atoms with E-state index >= 15 is 0 Å². The van der Waals surface area contributed by atoms with Gasteiger partial charge in [0.2, 0.25) is 6.41 Å². The first-order valence-electron chi connectivity index (χ1n) is 16.1. The monoisotopic (exact) mass is 626 g/mol. The van der Waals surface area contributed by atoms with E-state index in [1.165, 1.54) is 19.3 Å². The summed E-state index contributed by atoms with van der Waals surface area (Å²) < 4.78 is 23.5. The fraction of sp³-hybridized carbons (Fsp3) is 0.400. The molecular weight excluding hydrogens is 584 g/mol. The maximum Gasteiger partial charge on any atom is 0.228 e. The number of nitrogens with one attached hydrogen (secondary N) is 1. The van der Waals surface area contributed by atoms with Crippen molar-refractivity contribution in [2.75, 3.05) is 69.6 Å². The quantitative estimate of drug-likeness (QED) is 0.151. The first-order chi connectivity index (χ1) is 22.7. The number of piperazine rings is 1. The first-order valence-corrected chi connectivity index (χ1v) is 16.1. The fourth-order valence-corrected chi connectivity index (χ4v) is 5.95. The van der Waals surface area contributed by atoms with E-state index in [1.807, 2.05) is 71.7 Å². The lowest BCUT2D eigenvalue weighted by atomic mass is 10.0. The van der Waals surface area contributed by atoms with Crippen molar-refractivity contribution < 1.29 is 23.7 Å². The molecular formula is C35H42N6O5. The standard InChI is InChI=1S/C35H42N6O5/c1-43-21-22-45-33-23-31-32(24-34(33)44-20-14-27-7-5-6-15-36-27)37-25-38-35(31)39-16-18-40(19-17-39)41(26-42)28-10-12-30(13-11-28)46-29-8-3-2-4-9-29/h2-4,8-13,23-27,36H,5-7,14-22H2,1H3. The van der Waals surface area contributed by atoms with E-state index in [2.05, 4.69) is 20.2 Å². The van der Waals surface area contributed by atoms with Crippen molar-refractivity contribution in [1.82, 2.24) is 20.3 Å². The average molecular weight is 627 g/mol. The van der Waals surface area contributed by atoms with Crippen LogP contribution in [0.4, 0.5) is 11.5 Å². The predicted octanol–water partition coefficient (Wildman–Crippen LogP) is 5.06. The molecule has 2 saturated heterocycles. The van der Waals surface area contributed by atoms with Crippen LogP contribution in [-0.4, -0.2) is 87.1 Å². The maximum absolute atomic E-state index is 12.2. The second kappa shape index (κ2) is 15.7. The molecule has 0 radical (unpaired) electrons. The highest BCUT2D eigenvalue weighted by Crippen LogP contribution is 2.36. The van der Waals surface area contributed by atoms with Gasteiger partial charge in [0.15, 0.2) is 11.5 Å². The second-order valence-corrected chi connectivity index (χ2v) is 11.4. The van der Waals surface area contributed by atoms with Crippen LogP contribution in [0.3, 0.4) is 0 Å². The summed E-state index contributed by atoms with van der Waals surface area (Å²) in [5, 5.41) is 8.19. The van der Waals surface area contributed by atoms with Crippen LogP contribution in [0.25, 0.3) is 10.9 Å². The number of piperidine rings is 1. The van der Waals surface area contributed by atoms with Gasteiger partial charge in [-0.05, 0) is 68.3 Å². The van der Waals surface area contributed by atoms with Gasteiger partial charge >= 0.3 is 0 Å². The second-order valence-electron chi connectivity index (χ2n) is 11.4. The van der Waals surface area contributed by atoms with Crippen molar-refractivity contribution in [3.63, 3.8) is 0 Å². The molecule has 0 aliphatic carbocycles. The van der Waals surface area contributed by atoms with Gasteiger partial charge in [0.1, 0.15) is 30.3 Å². The number of carbonyl (C=O) groups is 1. The number of para-hydroxylation sites is 1. The van der Waals surface area contributed by atoms with Crippen LogP contribution in [0.5, 0.6) is 23.0 Å². The van der Waals surface area contributed by atoms with Crippen molar-refractivity contribution in [2.24, 2.45) is 0 Å². The van der Waals surface area contributed by atoms with Crippen LogP contribution in [0.2, 0.25) is 0 Å². The largest absolute Gasteiger partial charge is 0.490 e. The van der Waals surface area contributed by atoms with Crippen molar-refractivity contribution in [1.29, 1.82) is 0 Å². The number of rotatable bonds is 14. The Morgan fingerprint density at radius 1 is 0.891 bits per heavy atom. The molecule has 4 aromatic rings. The highest BCUT2D eigenvalue weighted by atomic mass is 16.5. The molecule has 2 aliphatic rings. The van der Waals surface area contributed by atoms with Crippen molar-refractivity contribution in [3.05, 3.63) is 73.1 Å². The molecule has 3 heterocycles. The summed E-state index contributed by atoms with van der Waals surface area (Å²) in [6.45, 7) is 5.19. The normalized spacial score (nSPS) is 17.1. The Hall–Kier alpha value is -4.45. The molecule has 1 atom stereocenters. The Kier molecular flexibility index (Phi) is 10.8. The van der Waals surface area contributed by atoms with Gasteiger partial charge in [0, 0.05) is 50.8 Å². The third-order valence-electron chi connectivity index (χ3n) is 8.40. The molecule has 1 amide bonds. The topological polar surface area (TPSA) is 102 Å². The van der Waals surface area contributed by atoms with Gasteiger partial charge < -0.3 is 29.2 Å². The molecule has 242 valence electrons. The minimum absolute atomic E-state index is 0.408. The van der Waals surface area contributed by atoms with Gasteiger partial charge in [-0.1, -0.05) is 24.6 Å². The van der Waals surface area contributed by atoms with Crippen LogP contribution in [0, 0.1) is 0 Å². The molecule has 11 heteroatoms. The van der Waals surface area contributed by atoms with E-state index in [-0.39, 0.29) is 0 Å². The lowest BCUT2D eigenvalue weighted by Crippen LogP contribution is -2.54. The number of fused-ring (bicyclic) bond motifs is 1. The van der Waals surface area contributed by atoms with E-state index in [4.69, 9.17) is 18.9 Å². The molecule has 0 spiro atoms. The van der Waals surface area contributed by atoms with Crippen LogP contribution < -0.4 is 29.4 Å². The summed E-state index contributed by atoms with van der Waals surface area (Å²) in [4.78, 5) is 23.7. The highest BCUT2D eigenvalue weighted by molar-refractivity contribution is 5.92. The number of benzene rings is 3. The number of ether oxygens (including phenoxy) is 4. The Labute approximate surface area is 270 Å². The zero-order valence-corrected chi connectivity index (χ0v) is 26.3. The minimum atomic E-state index is 0.408. The van der Waals surface area contributed by atoms with Gasteiger partial charge in [-0.25, -0.2) is 20.0 Å². The predicted molar refractivity (Wildman–Crippen MR) is 178 cm³/mol. The molecule has 6 rings (SSSR count). The van der Waals surface area contributed by atoms with Crippen molar-refractivity contribution in [2.45, 2.75) is 31.7 Å². The highest BCUT2D eigenvalue weighted by Gasteiger charge is 2.25. The molecule has 0 saturated carbocycles. The van der Waals surface area contributed by atoms with Crippen LogP contribution in [0.1, 0.15) is 25.7 Å². The third kappa shape index (κ3) is 7.85. The zero-order chi connectivity index (χ0) is 31.6. The minimum Gasteiger partial charge on any atom is -0.490 e. The van der Waals surface area contributed by atoms with Gasteiger partial charge in [0.05, 0.1) is 24.4 Å². The van der Waals surface area contributed by atoms with Gasteiger partial charge in [-0.15, -0.1) is 0 Å². The number of methoxy groups -OCH3 is 1. The molecule has 0 bridgehead atoms.